The maximum absolute atomic E-state index is 10.7. The average Bonchev–Trinajstić information content (AvgIpc) is 2.61. The van der Waals surface area contributed by atoms with E-state index in [0.717, 1.165) is 18.3 Å². The van der Waals surface area contributed by atoms with Crippen LogP contribution in [0.3, 0.4) is 0 Å². The van der Waals surface area contributed by atoms with Crippen molar-refractivity contribution in [3.63, 3.8) is 0 Å². The molecule has 0 N–H and O–H groups in total. The molecule has 1 fully saturated rings. The number of unbranched alkanes of at least 4 members (excludes halogenated alkanes) is 4. The molecule has 0 aliphatic heterocycles. The fraction of sp³-hybridized carbons (Fsp3) is 0.667. The molecule has 1 aromatic carbocycles. The van der Waals surface area contributed by atoms with Gasteiger partial charge in [-0.25, -0.2) is 0 Å². The van der Waals surface area contributed by atoms with Crippen LogP contribution < -0.4 is 9.84 Å². The Kier molecular flexibility index (Phi) is 8.14. The van der Waals surface area contributed by atoms with Crippen molar-refractivity contribution in [2.45, 2.75) is 71.1 Å². The Labute approximate surface area is 146 Å². The summed E-state index contributed by atoms with van der Waals surface area (Å²) in [4.78, 5) is 10.7. The first-order valence-electron chi connectivity index (χ1n) is 9.63. The van der Waals surface area contributed by atoms with Crippen LogP contribution in [0, 0.1) is 11.8 Å². The van der Waals surface area contributed by atoms with E-state index in [-0.39, 0.29) is 5.56 Å². The minimum Gasteiger partial charge on any atom is -0.545 e. The molecule has 0 spiro atoms. The topological polar surface area (TPSA) is 49.4 Å². The van der Waals surface area contributed by atoms with Crippen LogP contribution in [-0.2, 0) is 0 Å². The van der Waals surface area contributed by atoms with Crippen LogP contribution in [0.5, 0.6) is 5.75 Å². The maximum atomic E-state index is 10.7. The Hall–Kier alpha value is -1.51. The summed E-state index contributed by atoms with van der Waals surface area (Å²) in [7, 11) is 0. The van der Waals surface area contributed by atoms with Crippen LogP contribution in [0.1, 0.15) is 81.5 Å². The van der Waals surface area contributed by atoms with Crippen LogP contribution in [0.15, 0.2) is 24.3 Å². The van der Waals surface area contributed by atoms with Gasteiger partial charge in [0.2, 0.25) is 0 Å². The summed E-state index contributed by atoms with van der Waals surface area (Å²) in [6.07, 6.45) is 13.5. The summed E-state index contributed by atoms with van der Waals surface area (Å²) in [6.45, 7) is 3.01. The number of carboxylic acid groups (broad SMARTS) is 1. The molecule has 2 rings (SSSR count). The van der Waals surface area contributed by atoms with Crippen molar-refractivity contribution in [2.75, 3.05) is 6.61 Å². The Morgan fingerprint density at radius 1 is 1.00 bits per heavy atom. The van der Waals surface area contributed by atoms with Gasteiger partial charge in [0.05, 0.1) is 12.6 Å². The lowest BCUT2D eigenvalue weighted by Gasteiger charge is -2.28. The van der Waals surface area contributed by atoms with Gasteiger partial charge in [0.1, 0.15) is 5.75 Å². The lowest BCUT2D eigenvalue weighted by atomic mass is 9.80. The lowest BCUT2D eigenvalue weighted by molar-refractivity contribution is -0.255. The molecule has 134 valence electrons. The molecule has 1 aliphatic rings. The van der Waals surface area contributed by atoms with Crippen molar-refractivity contribution in [3.8, 4) is 5.75 Å². The number of carboxylic acids is 1. The zero-order valence-corrected chi connectivity index (χ0v) is 15.0. The maximum Gasteiger partial charge on any atom is 0.119 e. The summed E-state index contributed by atoms with van der Waals surface area (Å²) in [5.74, 6) is 1.17. The number of benzene rings is 1. The SMILES string of the molecule is CCCCCCCC1CCC(COc2ccc(C(=O)[O-])cc2)CC1. The molecule has 0 saturated heterocycles. The number of aromatic carboxylic acids is 1. The summed E-state index contributed by atoms with van der Waals surface area (Å²) in [5, 5.41) is 10.7. The van der Waals surface area contributed by atoms with Gasteiger partial charge in [-0.3, -0.25) is 0 Å². The summed E-state index contributed by atoms with van der Waals surface area (Å²) >= 11 is 0. The molecule has 3 nitrogen and oxygen atoms in total. The van der Waals surface area contributed by atoms with Crippen molar-refractivity contribution < 1.29 is 14.6 Å². The van der Waals surface area contributed by atoms with Crippen LogP contribution >= 0.6 is 0 Å². The first-order valence-corrected chi connectivity index (χ1v) is 9.63. The predicted molar refractivity (Wildman–Crippen MR) is 95.1 cm³/mol. The normalized spacial score (nSPS) is 20.7. The van der Waals surface area contributed by atoms with Gasteiger partial charge in [-0.05, 0) is 54.5 Å². The van der Waals surface area contributed by atoms with Crippen molar-refractivity contribution in [1.82, 2.24) is 0 Å². The molecular formula is C21H31O3-. The van der Waals surface area contributed by atoms with Gasteiger partial charge in [-0.15, -0.1) is 0 Å². The molecule has 1 aliphatic carbocycles. The molecule has 0 bridgehead atoms. The molecule has 0 heterocycles. The summed E-state index contributed by atoms with van der Waals surface area (Å²) in [6, 6.07) is 6.51. The second kappa shape index (κ2) is 10.4. The second-order valence-corrected chi connectivity index (χ2v) is 7.21. The van der Waals surface area contributed by atoms with Gasteiger partial charge in [0.15, 0.2) is 0 Å². The van der Waals surface area contributed by atoms with Gasteiger partial charge in [0, 0.05) is 0 Å². The molecule has 0 unspecified atom stereocenters. The van der Waals surface area contributed by atoms with E-state index >= 15 is 0 Å². The van der Waals surface area contributed by atoms with Crippen molar-refractivity contribution in [2.24, 2.45) is 11.8 Å². The van der Waals surface area contributed by atoms with Crippen molar-refractivity contribution in [1.29, 1.82) is 0 Å². The fourth-order valence-corrected chi connectivity index (χ4v) is 3.62. The van der Waals surface area contributed by atoms with Gasteiger partial charge < -0.3 is 14.6 Å². The van der Waals surface area contributed by atoms with Gasteiger partial charge >= 0.3 is 0 Å². The van der Waals surface area contributed by atoms with Crippen LogP contribution in [-0.4, -0.2) is 12.6 Å². The van der Waals surface area contributed by atoms with Crippen LogP contribution in [0.4, 0.5) is 0 Å². The van der Waals surface area contributed by atoms with Crippen molar-refractivity contribution >= 4 is 5.97 Å². The Morgan fingerprint density at radius 3 is 2.25 bits per heavy atom. The van der Waals surface area contributed by atoms with E-state index < -0.39 is 5.97 Å². The predicted octanol–water partition coefficient (Wildman–Crippen LogP) is 4.60. The quantitative estimate of drug-likeness (QED) is 0.589. The van der Waals surface area contributed by atoms with E-state index in [0.29, 0.717) is 5.92 Å². The highest BCUT2D eigenvalue weighted by Crippen LogP contribution is 2.32. The number of hydrogen-bond acceptors (Lipinski definition) is 3. The fourth-order valence-electron chi connectivity index (χ4n) is 3.62. The van der Waals surface area contributed by atoms with Crippen LogP contribution in [0.25, 0.3) is 0 Å². The minimum atomic E-state index is -1.14. The monoisotopic (exact) mass is 331 g/mol. The third-order valence-corrected chi connectivity index (χ3v) is 5.26. The van der Waals surface area contributed by atoms with Gasteiger partial charge in [0.25, 0.3) is 0 Å². The Bertz CT molecular complexity index is 472. The zero-order valence-electron chi connectivity index (χ0n) is 15.0. The highest BCUT2D eigenvalue weighted by Gasteiger charge is 2.21. The number of hydrogen-bond donors (Lipinski definition) is 0. The third kappa shape index (κ3) is 6.54. The zero-order chi connectivity index (χ0) is 17.2. The number of ether oxygens (including phenoxy) is 1. The van der Waals surface area contributed by atoms with E-state index in [9.17, 15) is 9.90 Å². The van der Waals surface area contributed by atoms with E-state index in [4.69, 9.17) is 4.74 Å². The third-order valence-electron chi connectivity index (χ3n) is 5.26. The molecular weight excluding hydrogens is 300 g/mol. The van der Waals surface area contributed by atoms with E-state index in [1.54, 1.807) is 24.3 Å². The van der Waals surface area contributed by atoms with Crippen LogP contribution in [0.2, 0.25) is 0 Å². The van der Waals surface area contributed by atoms with Gasteiger partial charge in [-0.1, -0.05) is 58.3 Å². The average molecular weight is 331 g/mol. The van der Waals surface area contributed by atoms with E-state index in [2.05, 4.69) is 6.92 Å². The van der Waals surface area contributed by atoms with E-state index in [1.165, 1.54) is 64.2 Å². The standard InChI is InChI=1S/C21H32O3/c1-2-3-4-5-6-7-17-8-10-18(11-9-17)16-24-20-14-12-19(13-15-20)21(22)23/h12-15,17-18H,2-11,16H2,1H3,(H,22,23)/p-1. The number of carbonyl (C=O) groups excluding carboxylic acids is 1. The molecule has 0 atom stereocenters. The molecule has 0 amide bonds. The first-order chi connectivity index (χ1) is 11.7. The second-order valence-electron chi connectivity index (χ2n) is 7.21. The highest BCUT2D eigenvalue weighted by atomic mass is 16.5. The highest BCUT2D eigenvalue weighted by molar-refractivity contribution is 5.85. The largest absolute Gasteiger partial charge is 0.545 e. The lowest BCUT2D eigenvalue weighted by Crippen LogP contribution is -2.22. The van der Waals surface area contributed by atoms with Gasteiger partial charge in [-0.2, -0.15) is 0 Å². The summed E-state index contributed by atoms with van der Waals surface area (Å²) < 4.78 is 5.83. The Balaban J connectivity index is 1.60. The molecule has 3 heteroatoms. The molecule has 1 aromatic rings. The molecule has 1 saturated carbocycles. The Morgan fingerprint density at radius 2 is 1.62 bits per heavy atom. The van der Waals surface area contributed by atoms with E-state index in [1.807, 2.05) is 0 Å². The molecule has 0 aromatic heterocycles. The van der Waals surface area contributed by atoms with Crippen molar-refractivity contribution in [3.05, 3.63) is 29.8 Å². The molecule has 0 radical (unpaired) electrons. The number of rotatable bonds is 10. The molecule has 24 heavy (non-hydrogen) atoms. The summed E-state index contributed by atoms with van der Waals surface area (Å²) in [5.41, 5.74) is 0.196. The minimum absolute atomic E-state index is 0.196. The smallest absolute Gasteiger partial charge is 0.119 e. The number of carbonyl (C=O) groups is 1. The first kappa shape index (κ1) is 18.8.